The maximum absolute atomic E-state index is 13.1. The van der Waals surface area contributed by atoms with Crippen molar-refractivity contribution in [1.82, 2.24) is 14.3 Å². The second-order valence-electron chi connectivity index (χ2n) is 8.33. The lowest BCUT2D eigenvalue weighted by Crippen LogP contribution is -2.43. The van der Waals surface area contributed by atoms with Gasteiger partial charge in [0.1, 0.15) is 5.65 Å². The molecule has 1 amide bonds. The molecule has 1 aromatic carbocycles. The van der Waals surface area contributed by atoms with Crippen LogP contribution in [0.2, 0.25) is 0 Å². The van der Waals surface area contributed by atoms with Crippen molar-refractivity contribution in [2.75, 3.05) is 13.1 Å². The number of carboxylic acid groups (broad SMARTS) is 1. The summed E-state index contributed by atoms with van der Waals surface area (Å²) in [6.45, 7) is 7.06. The van der Waals surface area contributed by atoms with Crippen molar-refractivity contribution < 1.29 is 14.7 Å². The third kappa shape index (κ3) is 3.82. The largest absolute Gasteiger partial charge is 0.481 e. The number of aliphatic carboxylic acids is 1. The van der Waals surface area contributed by atoms with Crippen molar-refractivity contribution in [3.63, 3.8) is 0 Å². The van der Waals surface area contributed by atoms with E-state index in [-0.39, 0.29) is 18.9 Å². The first-order chi connectivity index (χ1) is 14.3. The Balaban J connectivity index is 1.72. The molecule has 1 saturated heterocycles. The van der Waals surface area contributed by atoms with Gasteiger partial charge in [-0.2, -0.15) is 0 Å². The van der Waals surface area contributed by atoms with E-state index in [9.17, 15) is 14.7 Å². The van der Waals surface area contributed by atoms with Crippen LogP contribution < -0.4 is 0 Å². The lowest BCUT2D eigenvalue weighted by atomic mass is 9.97. The molecular weight excluding hydrogens is 378 g/mol. The third-order valence-corrected chi connectivity index (χ3v) is 6.10. The Hall–Kier alpha value is -3.15. The molecule has 0 spiro atoms. The van der Waals surface area contributed by atoms with E-state index in [0.29, 0.717) is 13.0 Å². The van der Waals surface area contributed by atoms with Gasteiger partial charge in [0.25, 0.3) is 0 Å². The van der Waals surface area contributed by atoms with Gasteiger partial charge in [-0.3, -0.25) is 9.59 Å². The van der Waals surface area contributed by atoms with Crippen molar-refractivity contribution in [3.05, 3.63) is 58.9 Å². The Kier molecular flexibility index (Phi) is 5.33. The zero-order valence-corrected chi connectivity index (χ0v) is 17.7. The minimum absolute atomic E-state index is 0.0478. The van der Waals surface area contributed by atoms with E-state index in [4.69, 9.17) is 4.98 Å². The molecule has 0 bridgehead atoms. The van der Waals surface area contributed by atoms with Crippen LogP contribution >= 0.6 is 0 Å². The van der Waals surface area contributed by atoms with E-state index in [1.165, 1.54) is 11.1 Å². The van der Waals surface area contributed by atoms with Gasteiger partial charge in [-0.1, -0.05) is 12.1 Å². The van der Waals surface area contributed by atoms with Crippen LogP contribution in [-0.2, 0) is 16.0 Å². The fourth-order valence-corrected chi connectivity index (χ4v) is 4.15. The van der Waals surface area contributed by atoms with Crippen molar-refractivity contribution >= 4 is 17.5 Å². The van der Waals surface area contributed by atoms with Crippen molar-refractivity contribution in [2.45, 2.75) is 40.0 Å². The number of rotatable bonds is 4. The topological polar surface area (TPSA) is 74.9 Å². The first-order valence-corrected chi connectivity index (χ1v) is 10.4. The van der Waals surface area contributed by atoms with Gasteiger partial charge in [0.2, 0.25) is 5.91 Å². The van der Waals surface area contributed by atoms with Crippen LogP contribution in [0.3, 0.4) is 0 Å². The number of hydrogen-bond donors (Lipinski definition) is 1. The molecule has 1 N–H and O–H groups in total. The molecule has 4 rings (SSSR count). The average molecular weight is 405 g/mol. The standard InChI is InChI=1S/C24H27N3O3/c1-15-8-10-27-20(13-22(28)26-9-4-5-19(14-26)24(29)30)23(25-21(27)11-15)18-7-6-16(2)17(3)12-18/h6-8,10-12,19H,4-5,9,13-14H2,1-3H3,(H,29,30). The van der Waals surface area contributed by atoms with Gasteiger partial charge in [-0.05, 0) is 68.5 Å². The summed E-state index contributed by atoms with van der Waals surface area (Å²) in [6.07, 6.45) is 3.50. The number of imidazole rings is 1. The van der Waals surface area contributed by atoms with Crippen molar-refractivity contribution in [3.8, 4) is 11.3 Å². The molecule has 30 heavy (non-hydrogen) atoms. The monoisotopic (exact) mass is 405 g/mol. The number of carbonyl (C=O) groups is 2. The number of carboxylic acids is 1. The Labute approximate surface area is 176 Å². The molecule has 3 heterocycles. The Morgan fingerprint density at radius 2 is 1.93 bits per heavy atom. The molecule has 2 aromatic heterocycles. The molecule has 156 valence electrons. The van der Waals surface area contributed by atoms with Crippen LogP contribution in [0.1, 0.15) is 35.2 Å². The summed E-state index contributed by atoms with van der Waals surface area (Å²) in [5, 5.41) is 9.35. The molecule has 6 heteroatoms. The third-order valence-electron chi connectivity index (χ3n) is 6.10. The number of benzene rings is 1. The number of carbonyl (C=O) groups excluding carboxylic acids is 1. The maximum Gasteiger partial charge on any atom is 0.308 e. The van der Waals surface area contributed by atoms with E-state index >= 15 is 0 Å². The van der Waals surface area contributed by atoms with Gasteiger partial charge < -0.3 is 14.4 Å². The number of fused-ring (bicyclic) bond motifs is 1. The Bertz CT molecular complexity index is 1130. The number of piperidine rings is 1. The van der Waals surface area contributed by atoms with Gasteiger partial charge in [-0.15, -0.1) is 0 Å². The Morgan fingerprint density at radius 1 is 1.13 bits per heavy atom. The molecule has 1 atom stereocenters. The number of likely N-dealkylation sites (tertiary alicyclic amines) is 1. The lowest BCUT2D eigenvalue weighted by molar-refractivity contribution is -0.145. The predicted molar refractivity (Wildman–Crippen MR) is 115 cm³/mol. The zero-order valence-electron chi connectivity index (χ0n) is 17.7. The summed E-state index contributed by atoms with van der Waals surface area (Å²) >= 11 is 0. The Morgan fingerprint density at radius 3 is 2.67 bits per heavy atom. The summed E-state index contributed by atoms with van der Waals surface area (Å²) in [5.41, 5.74) is 6.96. The summed E-state index contributed by atoms with van der Waals surface area (Å²) in [5.74, 6) is -1.35. The molecular formula is C24H27N3O3. The lowest BCUT2D eigenvalue weighted by Gasteiger charge is -2.30. The van der Waals surface area contributed by atoms with E-state index in [2.05, 4.69) is 26.0 Å². The normalized spacial score (nSPS) is 16.8. The fraction of sp³-hybridized carbons (Fsp3) is 0.375. The molecule has 6 nitrogen and oxygen atoms in total. The predicted octanol–water partition coefficient (Wildman–Crippen LogP) is 3.79. The van der Waals surface area contributed by atoms with Crippen LogP contribution in [0.4, 0.5) is 0 Å². The molecule has 3 aromatic rings. The highest BCUT2D eigenvalue weighted by molar-refractivity contribution is 5.82. The van der Waals surface area contributed by atoms with Crippen LogP contribution in [0.25, 0.3) is 16.9 Å². The minimum atomic E-state index is -0.825. The van der Waals surface area contributed by atoms with E-state index in [0.717, 1.165) is 34.6 Å². The number of hydrogen-bond acceptors (Lipinski definition) is 3. The number of amides is 1. The highest BCUT2D eigenvalue weighted by atomic mass is 16.4. The van der Waals surface area contributed by atoms with Crippen molar-refractivity contribution in [2.24, 2.45) is 5.92 Å². The highest BCUT2D eigenvalue weighted by Gasteiger charge is 2.29. The van der Waals surface area contributed by atoms with Gasteiger partial charge in [0, 0.05) is 24.8 Å². The zero-order chi connectivity index (χ0) is 21.4. The molecule has 1 unspecified atom stereocenters. The van der Waals surface area contributed by atoms with Crippen LogP contribution in [0.5, 0.6) is 0 Å². The van der Waals surface area contributed by atoms with Gasteiger partial charge in [0.15, 0.2) is 0 Å². The fourth-order valence-electron chi connectivity index (χ4n) is 4.15. The van der Waals surface area contributed by atoms with Crippen molar-refractivity contribution in [1.29, 1.82) is 0 Å². The van der Waals surface area contributed by atoms with E-state index < -0.39 is 11.9 Å². The van der Waals surface area contributed by atoms with Gasteiger partial charge >= 0.3 is 5.97 Å². The number of nitrogens with zero attached hydrogens (tertiary/aromatic N) is 3. The minimum Gasteiger partial charge on any atom is -0.481 e. The number of pyridine rings is 1. The average Bonchev–Trinajstić information content (AvgIpc) is 3.07. The van der Waals surface area contributed by atoms with Crippen LogP contribution in [0, 0.1) is 26.7 Å². The molecule has 1 aliphatic rings. The molecule has 1 fully saturated rings. The van der Waals surface area contributed by atoms with Gasteiger partial charge in [-0.25, -0.2) is 4.98 Å². The maximum atomic E-state index is 13.1. The van der Waals surface area contributed by atoms with Crippen LogP contribution in [0.15, 0.2) is 36.5 Å². The first kappa shape index (κ1) is 20.1. The van der Waals surface area contributed by atoms with E-state index in [1.807, 2.05) is 35.7 Å². The second-order valence-corrected chi connectivity index (χ2v) is 8.33. The quantitative estimate of drug-likeness (QED) is 0.717. The van der Waals surface area contributed by atoms with E-state index in [1.54, 1.807) is 4.90 Å². The number of aromatic nitrogens is 2. The number of aryl methyl sites for hydroxylation is 3. The highest BCUT2D eigenvalue weighted by Crippen LogP contribution is 2.28. The van der Waals surface area contributed by atoms with Gasteiger partial charge in [0.05, 0.1) is 23.7 Å². The second kappa shape index (κ2) is 7.94. The van der Waals surface area contributed by atoms with Crippen LogP contribution in [-0.4, -0.2) is 44.4 Å². The summed E-state index contributed by atoms with van der Waals surface area (Å²) in [4.78, 5) is 31.1. The summed E-state index contributed by atoms with van der Waals surface area (Å²) in [7, 11) is 0. The molecule has 0 aliphatic carbocycles. The summed E-state index contributed by atoms with van der Waals surface area (Å²) in [6, 6.07) is 10.3. The molecule has 0 saturated carbocycles. The smallest absolute Gasteiger partial charge is 0.308 e. The SMILES string of the molecule is Cc1ccn2c(CC(=O)N3CCCC(C(=O)O)C3)c(-c3ccc(C)c(C)c3)nc2c1. The molecule has 1 aliphatic heterocycles. The summed E-state index contributed by atoms with van der Waals surface area (Å²) < 4.78 is 1.98. The molecule has 0 radical (unpaired) electrons. The first-order valence-electron chi connectivity index (χ1n) is 10.4.